The molecule has 3 nitrogen and oxygen atoms in total. The molecule has 0 fully saturated rings. The predicted octanol–water partition coefficient (Wildman–Crippen LogP) is 4.05. The highest BCUT2D eigenvalue weighted by Gasteiger charge is 2.18. The minimum Gasteiger partial charge on any atom is -0.325 e. The van der Waals surface area contributed by atoms with Crippen molar-refractivity contribution in [1.82, 2.24) is 4.90 Å². The van der Waals surface area contributed by atoms with Crippen molar-refractivity contribution in [3.63, 3.8) is 0 Å². The quantitative estimate of drug-likeness (QED) is 0.867. The van der Waals surface area contributed by atoms with Gasteiger partial charge in [-0.1, -0.05) is 34.1 Å². The monoisotopic (exact) mass is 364 g/mol. The molecule has 0 spiro atoms. The van der Waals surface area contributed by atoms with Crippen LogP contribution >= 0.6 is 15.9 Å². The number of halogens is 2. The van der Waals surface area contributed by atoms with Gasteiger partial charge in [0.1, 0.15) is 5.82 Å². The highest BCUT2D eigenvalue weighted by molar-refractivity contribution is 9.10. The normalized spacial score (nSPS) is 12.2. The summed E-state index contributed by atoms with van der Waals surface area (Å²) in [5, 5.41) is 2.79. The Balaban J connectivity index is 1.97. The van der Waals surface area contributed by atoms with E-state index in [1.165, 1.54) is 12.1 Å². The minimum absolute atomic E-state index is 0.124. The first-order valence-corrected chi connectivity index (χ1v) is 7.77. The number of hydrogen-bond acceptors (Lipinski definition) is 2. The van der Waals surface area contributed by atoms with Crippen molar-refractivity contribution in [3.8, 4) is 0 Å². The van der Waals surface area contributed by atoms with Crippen LogP contribution in [-0.2, 0) is 11.3 Å². The van der Waals surface area contributed by atoms with E-state index >= 15 is 0 Å². The number of rotatable bonds is 5. The zero-order valence-corrected chi connectivity index (χ0v) is 14.1. The second kappa shape index (κ2) is 7.51. The summed E-state index contributed by atoms with van der Waals surface area (Å²) in [6.07, 6.45) is 0. The van der Waals surface area contributed by atoms with Gasteiger partial charge >= 0.3 is 0 Å². The highest BCUT2D eigenvalue weighted by Crippen LogP contribution is 2.18. The third kappa shape index (κ3) is 4.39. The number of nitrogens with one attached hydrogen (secondary N) is 1. The molecule has 1 atom stereocenters. The number of carbonyl (C=O) groups excluding carboxylic acids is 1. The molecule has 0 heterocycles. The number of likely N-dealkylation sites (N-methyl/N-ethyl adjacent to an activating group) is 1. The summed E-state index contributed by atoms with van der Waals surface area (Å²) in [5.74, 6) is -0.446. The summed E-state index contributed by atoms with van der Waals surface area (Å²) in [7, 11) is 1.90. The fraction of sp³-hybridized carbons (Fsp3) is 0.235. The van der Waals surface area contributed by atoms with Gasteiger partial charge in [-0.2, -0.15) is 0 Å². The first-order valence-electron chi connectivity index (χ1n) is 6.97. The van der Waals surface area contributed by atoms with Gasteiger partial charge in [0.05, 0.1) is 6.04 Å². The molecule has 0 saturated heterocycles. The summed E-state index contributed by atoms with van der Waals surface area (Å²) in [6.45, 7) is 2.50. The Kier molecular flexibility index (Phi) is 5.69. The standard InChI is InChI=1S/C17H18BrFN2O/c1-12(17(22)20-15-9-7-14(19)8-10-15)21(2)11-13-5-3-4-6-16(13)18/h3-10,12H,11H2,1-2H3,(H,20,22)/t12-/m1/s1. The van der Waals surface area contributed by atoms with Crippen molar-refractivity contribution in [2.24, 2.45) is 0 Å². The molecule has 1 N–H and O–H groups in total. The SMILES string of the molecule is C[C@H](C(=O)Nc1ccc(F)cc1)N(C)Cc1ccccc1Br. The van der Waals surface area contributed by atoms with Gasteiger partial charge in [-0.3, -0.25) is 9.69 Å². The van der Waals surface area contributed by atoms with Crippen LogP contribution in [0.2, 0.25) is 0 Å². The van der Waals surface area contributed by atoms with Crippen molar-refractivity contribution < 1.29 is 9.18 Å². The molecule has 116 valence electrons. The predicted molar refractivity (Wildman–Crippen MR) is 90.1 cm³/mol. The lowest BCUT2D eigenvalue weighted by Crippen LogP contribution is -2.39. The largest absolute Gasteiger partial charge is 0.325 e. The Bertz CT molecular complexity index is 645. The molecule has 22 heavy (non-hydrogen) atoms. The van der Waals surface area contributed by atoms with Crippen LogP contribution in [0.15, 0.2) is 53.0 Å². The van der Waals surface area contributed by atoms with E-state index < -0.39 is 0 Å². The molecule has 2 aromatic rings. The molecule has 5 heteroatoms. The fourth-order valence-electron chi connectivity index (χ4n) is 2.01. The third-order valence-corrected chi connectivity index (χ3v) is 4.30. The summed E-state index contributed by atoms with van der Waals surface area (Å²) in [6, 6.07) is 13.4. The molecule has 1 amide bonds. The van der Waals surface area contributed by atoms with Crippen LogP contribution in [0.5, 0.6) is 0 Å². The molecule has 2 aromatic carbocycles. The average Bonchev–Trinajstić information content (AvgIpc) is 2.51. The van der Waals surface area contributed by atoms with Crippen molar-refractivity contribution in [2.45, 2.75) is 19.5 Å². The summed E-state index contributed by atoms with van der Waals surface area (Å²) in [5.41, 5.74) is 1.71. The van der Waals surface area contributed by atoms with E-state index in [0.29, 0.717) is 12.2 Å². The Morgan fingerprint density at radius 1 is 1.23 bits per heavy atom. The lowest BCUT2D eigenvalue weighted by atomic mass is 10.2. The van der Waals surface area contributed by atoms with E-state index in [1.54, 1.807) is 12.1 Å². The Hall–Kier alpha value is -1.72. The van der Waals surface area contributed by atoms with Crippen LogP contribution in [0.3, 0.4) is 0 Å². The number of anilines is 1. The topological polar surface area (TPSA) is 32.3 Å². The van der Waals surface area contributed by atoms with Gasteiger partial charge < -0.3 is 5.32 Å². The van der Waals surface area contributed by atoms with Gasteiger partial charge in [0.2, 0.25) is 5.91 Å². The van der Waals surface area contributed by atoms with E-state index in [-0.39, 0.29) is 17.8 Å². The smallest absolute Gasteiger partial charge is 0.241 e. The lowest BCUT2D eigenvalue weighted by Gasteiger charge is -2.24. The first kappa shape index (κ1) is 16.6. The number of carbonyl (C=O) groups is 1. The van der Waals surface area contributed by atoms with Gasteiger partial charge in [-0.25, -0.2) is 4.39 Å². The molecule has 0 saturated carbocycles. The number of hydrogen-bond donors (Lipinski definition) is 1. The molecule has 2 rings (SSSR count). The van der Waals surface area contributed by atoms with Gasteiger partial charge in [0.25, 0.3) is 0 Å². The molecule has 0 unspecified atom stereocenters. The number of benzene rings is 2. The van der Waals surface area contributed by atoms with Gasteiger partial charge in [-0.15, -0.1) is 0 Å². The van der Waals surface area contributed by atoms with Crippen molar-refractivity contribution in [1.29, 1.82) is 0 Å². The van der Waals surface area contributed by atoms with E-state index in [0.717, 1.165) is 10.0 Å². The van der Waals surface area contributed by atoms with Gasteiger partial charge in [0, 0.05) is 16.7 Å². The average molecular weight is 365 g/mol. The minimum atomic E-state index is -0.322. The summed E-state index contributed by atoms with van der Waals surface area (Å²) < 4.78 is 13.9. The zero-order valence-electron chi connectivity index (χ0n) is 12.5. The Morgan fingerprint density at radius 3 is 2.50 bits per heavy atom. The van der Waals surface area contributed by atoms with E-state index in [2.05, 4.69) is 21.2 Å². The maximum atomic E-state index is 12.9. The number of amides is 1. The van der Waals surface area contributed by atoms with E-state index in [1.807, 2.05) is 43.1 Å². The molecular weight excluding hydrogens is 347 g/mol. The zero-order chi connectivity index (χ0) is 16.1. The lowest BCUT2D eigenvalue weighted by molar-refractivity contribution is -0.120. The molecule has 0 radical (unpaired) electrons. The maximum absolute atomic E-state index is 12.9. The van der Waals surface area contributed by atoms with Crippen molar-refractivity contribution in [2.75, 3.05) is 12.4 Å². The van der Waals surface area contributed by atoms with Crippen molar-refractivity contribution >= 4 is 27.5 Å². The second-order valence-electron chi connectivity index (χ2n) is 5.18. The Morgan fingerprint density at radius 2 is 1.86 bits per heavy atom. The van der Waals surface area contributed by atoms with Crippen LogP contribution in [-0.4, -0.2) is 23.9 Å². The van der Waals surface area contributed by atoms with Crippen LogP contribution in [0.1, 0.15) is 12.5 Å². The summed E-state index contributed by atoms with van der Waals surface area (Å²) >= 11 is 3.51. The van der Waals surface area contributed by atoms with Crippen LogP contribution < -0.4 is 5.32 Å². The van der Waals surface area contributed by atoms with E-state index in [4.69, 9.17) is 0 Å². The third-order valence-electron chi connectivity index (χ3n) is 3.53. The highest BCUT2D eigenvalue weighted by atomic mass is 79.9. The first-order chi connectivity index (χ1) is 10.5. The molecule has 0 bridgehead atoms. The van der Waals surface area contributed by atoms with Gasteiger partial charge in [-0.05, 0) is 49.9 Å². The summed E-state index contributed by atoms with van der Waals surface area (Å²) in [4.78, 5) is 14.2. The molecule has 0 aliphatic carbocycles. The van der Waals surface area contributed by atoms with Crippen LogP contribution in [0.4, 0.5) is 10.1 Å². The second-order valence-corrected chi connectivity index (χ2v) is 6.03. The molecule has 0 aliphatic rings. The van der Waals surface area contributed by atoms with Gasteiger partial charge in [0.15, 0.2) is 0 Å². The van der Waals surface area contributed by atoms with E-state index in [9.17, 15) is 9.18 Å². The molecule has 0 aromatic heterocycles. The maximum Gasteiger partial charge on any atom is 0.241 e. The number of nitrogens with zero attached hydrogens (tertiary/aromatic N) is 1. The van der Waals surface area contributed by atoms with Crippen LogP contribution in [0.25, 0.3) is 0 Å². The van der Waals surface area contributed by atoms with Crippen molar-refractivity contribution in [3.05, 3.63) is 64.4 Å². The molecular formula is C17H18BrFN2O. The Labute approximate surface area is 138 Å². The molecule has 0 aliphatic heterocycles. The fourth-order valence-corrected chi connectivity index (χ4v) is 2.42. The van der Waals surface area contributed by atoms with Crippen LogP contribution in [0, 0.1) is 5.82 Å².